The van der Waals surface area contributed by atoms with Crippen LogP contribution in [0.4, 0.5) is 0 Å². The number of hydrogen-bond acceptors (Lipinski definition) is 0. The van der Waals surface area contributed by atoms with Gasteiger partial charge >= 0.3 is 0 Å². The summed E-state index contributed by atoms with van der Waals surface area (Å²) in [4.78, 5) is 0. The van der Waals surface area contributed by atoms with Crippen LogP contribution >= 0.6 is 14.3 Å². The molecule has 0 aliphatic heterocycles. The average Bonchev–Trinajstić information content (AvgIpc) is 2.47. The van der Waals surface area contributed by atoms with Crippen molar-refractivity contribution in [3.05, 3.63) is 60.7 Å². The molecule has 0 radical (unpaired) electrons. The van der Waals surface area contributed by atoms with Gasteiger partial charge in [-0.3, -0.25) is 0 Å². The van der Waals surface area contributed by atoms with E-state index in [1.807, 2.05) is 0 Å². The Morgan fingerprint density at radius 3 is 1.25 bits per heavy atom. The van der Waals surface area contributed by atoms with Gasteiger partial charge in [0.15, 0.2) is 0 Å². The molecule has 20 heavy (non-hydrogen) atoms. The van der Waals surface area contributed by atoms with E-state index < -0.39 is 14.3 Å². The lowest BCUT2D eigenvalue weighted by molar-refractivity contribution is 1.49. The molecule has 0 saturated heterocycles. The number of rotatable bonds is 5. The molecular formula is C16H26B2P2. The molecule has 2 aromatic rings. The monoisotopic (exact) mass is 302 g/mol. The summed E-state index contributed by atoms with van der Waals surface area (Å²) in [6.07, 6.45) is 3.05. The first-order valence-electron chi connectivity index (χ1n) is 6.30. The summed E-state index contributed by atoms with van der Waals surface area (Å²) in [5, 5.41) is 3.40. The van der Waals surface area contributed by atoms with Gasteiger partial charge < -0.3 is 0 Å². The molecule has 106 valence electrons. The predicted molar refractivity (Wildman–Crippen MR) is 107 cm³/mol. The quantitative estimate of drug-likeness (QED) is 0.580. The second kappa shape index (κ2) is 6.46. The molecule has 0 aliphatic carbocycles. The molecule has 0 spiro atoms. The molecule has 1 unspecified atom stereocenters. The predicted octanol–water partition coefficient (Wildman–Crippen LogP) is 1.49. The molecule has 0 aromatic heterocycles. The largest absolute Gasteiger partial charge is 0.132 e. The molecule has 2 atom stereocenters. The Balaban J connectivity index is 2.08. The molecular weight excluding hydrogens is 276 g/mol. The van der Waals surface area contributed by atoms with E-state index in [9.17, 15) is 0 Å². The van der Waals surface area contributed by atoms with Crippen LogP contribution < -0.4 is 10.6 Å². The lowest BCUT2D eigenvalue weighted by Crippen LogP contribution is -2.20. The molecule has 2 rings (SSSR count). The first-order valence-corrected chi connectivity index (χ1v) is 10.2. The van der Waals surface area contributed by atoms with Crippen LogP contribution in [-0.2, 0) is 0 Å². The van der Waals surface area contributed by atoms with Crippen molar-refractivity contribution in [2.24, 2.45) is 0 Å². The van der Waals surface area contributed by atoms with Crippen LogP contribution in [0.1, 0.15) is 0 Å². The third-order valence-corrected chi connectivity index (χ3v) is 7.67. The third-order valence-electron chi connectivity index (χ3n) is 3.16. The fourth-order valence-electron chi connectivity index (χ4n) is 1.92. The van der Waals surface area contributed by atoms with Crippen LogP contribution in [0.2, 0.25) is 0 Å². The molecule has 0 heterocycles. The first kappa shape index (κ1) is 15.8. The highest BCUT2D eigenvalue weighted by atomic mass is 31.2. The Hall–Kier alpha value is -0.570. The minimum Gasteiger partial charge on any atom is -0.125 e. The maximum Gasteiger partial charge on any atom is 0.132 e. The Morgan fingerprint density at radius 1 is 0.650 bits per heavy atom. The van der Waals surface area contributed by atoms with Crippen molar-refractivity contribution >= 4 is 40.0 Å². The van der Waals surface area contributed by atoms with Crippen molar-refractivity contribution < 1.29 is 0 Å². The molecule has 2 aromatic carbocycles. The van der Waals surface area contributed by atoms with E-state index in [-0.39, 0.29) is 0 Å². The van der Waals surface area contributed by atoms with Crippen molar-refractivity contribution in [3.63, 3.8) is 0 Å². The zero-order chi connectivity index (χ0) is 14.6. The van der Waals surface area contributed by atoms with Crippen LogP contribution in [0, 0.1) is 0 Å². The molecule has 0 bridgehead atoms. The summed E-state index contributed by atoms with van der Waals surface area (Å²) >= 11 is 0. The van der Waals surface area contributed by atoms with Gasteiger partial charge in [0.1, 0.15) is 15.1 Å². The molecule has 0 aliphatic rings. The zero-order valence-corrected chi connectivity index (χ0v) is 12.9. The molecule has 0 saturated carbocycles. The second-order valence-electron chi connectivity index (χ2n) is 4.51. The molecule has 0 amide bonds. The standard InChI is InChI=1S/C16H26B2P2/c1-19(17,15-9-5-3-6-10-15)13-14-20(2,18)16-11-7-4-8-12-16/h3-12H,13-14H2,1-2,17-18H3/t19-,20?/m0/s1. The number of benzene rings is 2. The molecule has 4 heteroatoms. The van der Waals surface area contributed by atoms with Crippen LogP contribution in [0.3, 0.4) is 0 Å². The SMILES string of the molecule is [BH3-][P+](C)(CC[P@@+]([BH3-])(C)c1ccccc1)c1ccccc1. The minimum absolute atomic E-state index is 0.421. The van der Waals surface area contributed by atoms with Gasteiger partial charge in [-0.2, -0.15) is 0 Å². The lowest BCUT2D eigenvalue weighted by Gasteiger charge is -2.31. The summed E-state index contributed by atoms with van der Waals surface area (Å²) in [5.41, 5.74) is 0. The lowest BCUT2D eigenvalue weighted by atomic mass is 10.4. The van der Waals surface area contributed by atoms with Gasteiger partial charge in [-0.25, -0.2) is 0 Å². The van der Waals surface area contributed by atoms with Gasteiger partial charge in [-0.1, -0.05) is 36.4 Å². The van der Waals surface area contributed by atoms with E-state index in [0.717, 1.165) is 0 Å². The fraction of sp³-hybridized carbons (Fsp3) is 0.250. The van der Waals surface area contributed by atoms with Gasteiger partial charge in [-0.05, 0) is 24.3 Å². The van der Waals surface area contributed by atoms with E-state index >= 15 is 0 Å². The van der Waals surface area contributed by atoms with E-state index in [4.69, 9.17) is 0 Å². The van der Waals surface area contributed by atoms with E-state index in [1.54, 1.807) is 10.6 Å². The minimum atomic E-state index is -0.694. The Kier molecular flexibility index (Phi) is 5.11. The number of hydrogen-bond donors (Lipinski definition) is 0. The van der Waals surface area contributed by atoms with Crippen LogP contribution in [0.5, 0.6) is 0 Å². The van der Waals surface area contributed by atoms with Crippen molar-refractivity contribution in [2.75, 3.05) is 25.7 Å². The maximum absolute atomic E-state index is 2.62. The van der Waals surface area contributed by atoms with Gasteiger partial charge in [0.2, 0.25) is 0 Å². The topological polar surface area (TPSA) is 0 Å². The summed E-state index contributed by atoms with van der Waals surface area (Å²) in [6, 6.07) is 22.8. The van der Waals surface area contributed by atoms with Crippen molar-refractivity contribution in [3.8, 4) is 0 Å². The molecule has 0 N–H and O–H groups in total. The second-order valence-corrected chi connectivity index (χ2v) is 9.23. The maximum atomic E-state index is 2.62. The van der Waals surface area contributed by atoms with Gasteiger partial charge in [0.05, 0.1) is 12.3 Å². The van der Waals surface area contributed by atoms with Gasteiger partial charge in [-0.15, -0.1) is 14.3 Å². The zero-order valence-electron chi connectivity index (χ0n) is 11.1. The third kappa shape index (κ3) is 3.97. The van der Waals surface area contributed by atoms with Gasteiger partial charge in [0.25, 0.3) is 0 Å². The summed E-state index contributed by atoms with van der Waals surface area (Å²) in [5.74, 6) is 0. The van der Waals surface area contributed by atoms with Crippen molar-refractivity contribution in [1.29, 1.82) is 0 Å². The highest BCUT2D eigenvalue weighted by molar-refractivity contribution is 8.05. The first-order chi connectivity index (χ1) is 9.42. The van der Waals surface area contributed by atoms with Crippen LogP contribution in [0.25, 0.3) is 0 Å². The molecule has 0 fully saturated rings. The Bertz CT molecular complexity index is 487. The van der Waals surface area contributed by atoms with Crippen LogP contribution in [0.15, 0.2) is 60.7 Å². The smallest absolute Gasteiger partial charge is 0.125 e. The van der Waals surface area contributed by atoms with Crippen LogP contribution in [-0.4, -0.2) is 40.8 Å². The fourth-order valence-corrected chi connectivity index (χ4v) is 6.20. The van der Waals surface area contributed by atoms with Crippen molar-refractivity contribution in [2.45, 2.75) is 0 Å². The van der Waals surface area contributed by atoms with E-state index in [0.29, 0.717) is 15.1 Å². The Morgan fingerprint density at radius 2 is 0.950 bits per heavy atom. The average molecular weight is 302 g/mol. The highest BCUT2D eigenvalue weighted by Crippen LogP contribution is 2.56. The van der Waals surface area contributed by atoms with E-state index in [2.05, 4.69) is 74.0 Å². The normalized spacial score (nSPS) is 17.2. The highest BCUT2D eigenvalue weighted by Gasteiger charge is 2.28. The summed E-state index contributed by atoms with van der Waals surface area (Å²) < 4.78 is 0. The summed E-state index contributed by atoms with van der Waals surface area (Å²) in [7, 11) is -0.546. The van der Waals surface area contributed by atoms with Gasteiger partial charge in [0, 0.05) is 23.9 Å². The Labute approximate surface area is 126 Å². The van der Waals surface area contributed by atoms with Crippen molar-refractivity contribution in [1.82, 2.24) is 0 Å². The van der Waals surface area contributed by atoms with E-state index in [1.165, 1.54) is 12.3 Å². The molecule has 0 nitrogen and oxygen atoms in total. The summed E-state index contributed by atoms with van der Waals surface area (Å²) in [6.45, 7) is 5.24.